The highest BCUT2D eigenvalue weighted by Crippen LogP contribution is 2.29. The summed E-state index contributed by atoms with van der Waals surface area (Å²) in [7, 11) is 1.65. The number of aromatic nitrogens is 1. The van der Waals surface area contributed by atoms with Crippen molar-refractivity contribution in [2.45, 2.75) is 12.5 Å². The molecule has 1 aliphatic rings. The second kappa shape index (κ2) is 6.57. The molecule has 2 aromatic rings. The number of nitrogens with two attached hydrogens (primary N) is 1. The van der Waals surface area contributed by atoms with Gasteiger partial charge in [0.15, 0.2) is 0 Å². The lowest BCUT2D eigenvalue weighted by Gasteiger charge is -2.22. The summed E-state index contributed by atoms with van der Waals surface area (Å²) in [5.74, 6) is 0.390. The van der Waals surface area contributed by atoms with Gasteiger partial charge in [-0.2, -0.15) is 0 Å². The predicted molar refractivity (Wildman–Crippen MR) is 99.2 cm³/mol. The number of anilines is 1. The normalized spacial score (nSPS) is 17.0. The third-order valence-electron chi connectivity index (χ3n) is 3.73. The van der Waals surface area contributed by atoms with E-state index in [0.717, 1.165) is 20.2 Å². The van der Waals surface area contributed by atoms with Crippen LogP contribution >= 0.6 is 22.6 Å². The highest BCUT2D eigenvalue weighted by atomic mass is 127. The Bertz CT molecular complexity index is 830. The molecule has 6 heteroatoms. The molecule has 1 amide bonds. The van der Waals surface area contributed by atoms with E-state index >= 15 is 0 Å². The maximum atomic E-state index is 11.8. The molecule has 1 unspecified atom stereocenters. The molecule has 3 N–H and O–H groups in total. The quantitative estimate of drug-likeness (QED) is 0.744. The second-order valence-electron chi connectivity index (χ2n) is 5.25. The number of nitrogens with zero attached hydrogens (tertiary/aromatic N) is 1. The molecule has 0 bridgehead atoms. The van der Waals surface area contributed by atoms with Crippen LogP contribution in [0.1, 0.15) is 16.8 Å². The monoisotopic (exact) mass is 421 g/mol. The molecule has 118 valence electrons. The third kappa shape index (κ3) is 3.31. The van der Waals surface area contributed by atoms with Gasteiger partial charge in [0.05, 0.1) is 35.7 Å². The average molecular weight is 421 g/mol. The number of nitrogens with one attached hydrogen (secondary N) is 1. The van der Waals surface area contributed by atoms with Crippen LogP contribution in [0.2, 0.25) is 0 Å². The predicted octanol–water partition coefficient (Wildman–Crippen LogP) is 3.21. The minimum Gasteiger partial charge on any atom is -0.501 e. The first-order valence-corrected chi connectivity index (χ1v) is 8.22. The van der Waals surface area contributed by atoms with Gasteiger partial charge in [-0.05, 0) is 46.9 Å². The molecule has 23 heavy (non-hydrogen) atoms. The molecular weight excluding hydrogens is 405 g/mol. The largest absolute Gasteiger partial charge is 0.501 e. The Hall–Kier alpha value is -2.09. The molecule has 1 aromatic heterocycles. The number of rotatable bonds is 4. The van der Waals surface area contributed by atoms with Crippen molar-refractivity contribution < 1.29 is 9.53 Å². The number of carbonyl (C=O) groups excluding carboxylic acids is 1. The molecule has 0 spiro atoms. The Morgan fingerprint density at radius 2 is 2.30 bits per heavy atom. The van der Waals surface area contributed by atoms with Crippen LogP contribution in [0.15, 0.2) is 48.4 Å². The summed E-state index contributed by atoms with van der Waals surface area (Å²) >= 11 is 2.24. The van der Waals surface area contributed by atoms with Crippen LogP contribution in [0.4, 0.5) is 5.69 Å². The van der Waals surface area contributed by atoms with Crippen molar-refractivity contribution in [3.8, 4) is 0 Å². The van der Waals surface area contributed by atoms with E-state index in [4.69, 9.17) is 10.5 Å². The van der Waals surface area contributed by atoms with Crippen LogP contribution in [-0.2, 0) is 4.74 Å². The lowest BCUT2D eigenvalue weighted by Crippen LogP contribution is -2.23. The first kappa shape index (κ1) is 15.8. The van der Waals surface area contributed by atoms with Gasteiger partial charge in [-0.15, -0.1) is 0 Å². The van der Waals surface area contributed by atoms with Crippen LogP contribution in [-0.4, -0.2) is 24.0 Å². The van der Waals surface area contributed by atoms with Gasteiger partial charge < -0.3 is 15.8 Å². The van der Waals surface area contributed by atoms with Crippen molar-refractivity contribution in [1.82, 2.24) is 4.98 Å². The summed E-state index contributed by atoms with van der Waals surface area (Å²) in [6.07, 6.45) is 8.14. The maximum Gasteiger partial charge on any atom is 0.252 e. The third-order valence-corrected chi connectivity index (χ3v) is 4.41. The summed E-state index contributed by atoms with van der Waals surface area (Å²) in [6, 6.07) is 5.94. The van der Waals surface area contributed by atoms with E-state index in [1.54, 1.807) is 7.11 Å². The van der Waals surface area contributed by atoms with Crippen molar-refractivity contribution in [2.24, 2.45) is 5.73 Å². The van der Waals surface area contributed by atoms with Crippen LogP contribution in [0.5, 0.6) is 0 Å². The second-order valence-corrected chi connectivity index (χ2v) is 6.50. The minimum absolute atomic E-state index is 0.0246. The van der Waals surface area contributed by atoms with Crippen molar-refractivity contribution in [1.29, 1.82) is 0 Å². The van der Waals surface area contributed by atoms with Gasteiger partial charge >= 0.3 is 0 Å². The number of primary amides is 1. The van der Waals surface area contributed by atoms with Gasteiger partial charge in [0.25, 0.3) is 5.91 Å². The van der Waals surface area contributed by atoms with E-state index in [9.17, 15) is 4.79 Å². The van der Waals surface area contributed by atoms with Gasteiger partial charge in [0, 0.05) is 21.6 Å². The number of halogens is 1. The van der Waals surface area contributed by atoms with Crippen molar-refractivity contribution in [3.05, 3.63) is 57.5 Å². The van der Waals surface area contributed by atoms with Crippen LogP contribution in [0.25, 0.3) is 10.9 Å². The fourth-order valence-electron chi connectivity index (χ4n) is 2.59. The van der Waals surface area contributed by atoms with Gasteiger partial charge in [0.1, 0.15) is 0 Å². The number of benzene rings is 1. The standard InChI is InChI=1S/C17H16IN3O2/c1-23-12-4-2-3-11(8-12)21-16-13-7-10(18)5-6-15(13)20-9-14(16)17(19)22/h2-7,9,11H,8H2,1H3,(H2,19,22)(H,20,21). The van der Waals surface area contributed by atoms with E-state index < -0.39 is 5.91 Å². The summed E-state index contributed by atoms with van der Waals surface area (Å²) < 4.78 is 6.38. The van der Waals surface area contributed by atoms with E-state index in [2.05, 4.69) is 32.9 Å². The number of amides is 1. The molecule has 0 saturated heterocycles. The van der Waals surface area contributed by atoms with Crippen LogP contribution in [0, 0.1) is 3.57 Å². The van der Waals surface area contributed by atoms with Gasteiger partial charge in [0.2, 0.25) is 0 Å². The Morgan fingerprint density at radius 3 is 3.04 bits per heavy atom. The SMILES string of the molecule is COC1=CC=CC(Nc2c(C(N)=O)cnc3ccc(I)cc23)C1. The number of carbonyl (C=O) groups is 1. The minimum atomic E-state index is -0.497. The molecule has 5 nitrogen and oxygen atoms in total. The molecule has 0 saturated carbocycles. The number of hydrogen-bond donors (Lipinski definition) is 2. The van der Waals surface area contributed by atoms with Crippen LogP contribution < -0.4 is 11.1 Å². The first-order chi connectivity index (χ1) is 11.1. The Kier molecular flexibility index (Phi) is 4.51. The summed E-state index contributed by atoms with van der Waals surface area (Å²) in [5.41, 5.74) is 7.45. The van der Waals surface area contributed by atoms with Crippen molar-refractivity contribution in [2.75, 3.05) is 12.4 Å². The lowest BCUT2D eigenvalue weighted by atomic mass is 10.0. The van der Waals surface area contributed by atoms with Crippen molar-refractivity contribution in [3.63, 3.8) is 0 Å². The van der Waals surface area contributed by atoms with E-state index in [1.807, 2.05) is 36.4 Å². The highest BCUT2D eigenvalue weighted by Gasteiger charge is 2.18. The average Bonchev–Trinajstić information content (AvgIpc) is 2.55. The van der Waals surface area contributed by atoms with Crippen LogP contribution in [0.3, 0.4) is 0 Å². The molecule has 1 heterocycles. The smallest absolute Gasteiger partial charge is 0.252 e. The van der Waals surface area contributed by atoms with E-state index in [0.29, 0.717) is 17.7 Å². The molecule has 1 aromatic carbocycles. The molecule has 0 fully saturated rings. The summed E-state index contributed by atoms with van der Waals surface area (Å²) in [5, 5.41) is 4.30. The van der Waals surface area contributed by atoms with Gasteiger partial charge in [-0.25, -0.2) is 0 Å². The number of allylic oxidation sites excluding steroid dienone is 2. The maximum absolute atomic E-state index is 11.8. The van der Waals surface area contributed by atoms with Gasteiger partial charge in [-0.3, -0.25) is 9.78 Å². The fourth-order valence-corrected chi connectivity index (χ4v) is 3.08. The van der Waals surface area contributed by atoms with Gasteiger partial charge in [-0.1, -0.05) is 12.2 Å². The first-order valence-electron chi connectivity index (χ1n) is 7.14. The topological polar surface area (TPSA) is 77.2 Å². The zero-order valence-electron chi connectivity index (χ0n) is 12.5. The van der Waals surface area contributed by atoms with E-state index in [-0.39, 0.29) is 6.04 Å². The lowest BCUT2D eigenvalue weighted by molar-refractivity contribution is 0.100. The summed E-state index contributed by atoms with van der Waals surface area (Å²) in [6.45, 7) is 0. The van der Waals surface area contributed by atoms with Crippen molar-refractivity contribution >= 4 is 45.1 Å². The number of hydrogen-bond acceptors (Lipinski definition) is 4. The number of methoxy groups -OCH3 is 1. The number of ether oxygens (including phenoxy) is 1. The molecule has 1 atom stereocenters. The number of pyridine rings is 1. The Balaban J connectivity index is 2.05. The molecule has 3 rings (SSSR count). The summed E-state index contributed by atoms with van der Waals surface area (Å²) in [4.78, 5) is 16.1. The van der Waals surface area contributed by atoms with E-state index in [1.165, 1.54) is 6.20 Å². The Labute approximate surface area is 147 Å². The molecular formula is C17H16IN3O2. The highest BCUT2D eigenvalue weighted by molar-refractivity contribution is 14.1. The molecule has 1 aliphatic carbocycles. The zero-order chi connectivity index (χ0) is 16.4. The zero-order valence-corrected chi connectivity index (χ0v) is 14.7. The Morgan fingerprint density at radius 1 is 1.48 bits per heavy atom. The molecule has 0 aliphatic heterocycles. The fraction of sp³-hybridized carbons (Fsp3) is 0.176. The number of fused-ring (bicyclic) bond motifs is 1. The molecule has 0 radical (unpaired) electrons.